The highest BCUT2D eigenvalue weighted by Crippen LogP contribution is 2.30. The molecule has 0 saturated carbocycles. The molecule has 0 spiro atoms. The van der Waals surface area contributed by atoms with Crippen molar-refractivity contribution in [2.24, 2.45) is 0 Å². The average molecular weight is 536 g/mol. The predicted molar refractivity (Wildman–Crippen MR) is 156 cm³/mol. The number of nitrogens with zero attached hydrogens (tertiary/aromatic N) is 4. The maximum absolute atomic E-state index is 14.0. The zero-order valence-electron chi connectivity index (χ0n) is 24.0. The predicted octanol–water partition coefficient (Wildman–Crippen LogP) is 5.77. The summed E-state index contributed by atoms with van der Waals surface area (Å²) in [5.74, 6) is 0.537. The normalized spacial score (nSPS) is 20.3. The Morgan fingerprint density at radius 1 is 0.949 bits per heavy atom. The van der Waals surface area contributed by atoms with E-state index in [9.17, 15) is 9.59 Å². The van der Waals surface area contributed by atoms with Crippen LogP contribution in [0.5, 0.6) is 0 Å². The summed E-state index contributed by atoms with van der Waals surface area (Å²) in [5, 5.41) is 2.99. The summed E-state index contributed by atoms with van der Waals surface area (Å²) in [4.78, 5) is 35.8. The molecule has 8 heteroatoms. The van der Waals surface area contributed by atoms with E-state index in [0.29, 0.717) is 18.9 Å². The first-order chi connectivity index (χ1) is 18.8. The number of likely N-dealkylation sites (tertiary alicyclic amines) is 1. The molecule has 0 atom stereocenters. The molecule has 1 N–H and O–H groups in total. The molecule has 2 fully saturated rings. The number of para-hydroxylation sites is 2. The Morgan fingerprint density at radius 2 is 1.64 bits per heavy atom. The monoisotopic (exact) mass is 535 g/mol. The number of rotatable bonds is 4. The molecule has 0 bridgehead atoms. The molecular formula is C31H45N5O3. The molecule has 3 aliphatic rings. The fraction of sp³-hybridized carbons (Fsp3) is 0.645. The Labute approximate surface area is 232 Å². The van der Waals surface area contributed by atoms with E-state index in [1.165, 1.54) is 44.2 Å². The number of aromatic nitrogens is 2. The molecule has 1 aromatic carbocycles. The van der Waals surface area contributed by atoms with E-state index in [1.807, 2.05) is 49.6 Å². The van der Waals surface area contributed by atoms with Gasteiger partial charge in [-0.05, 0) is 84.3 Å². The van der Waals surface area contributed by atoms with E-state index in [0.717, 1.165) is 49.8 Å². The molecular weight excluding hydrogens is 490 g/mol. The van der Waals surface area contributed by atoms with Gasteiger partial charge in [0.05, 0.1) is 11.0 Å². The SMILES string of the molecule is CC(C)(C)OC(=O)NC1CCN(c2nc3ccccc3n(C3CCN(C4=CCCCCCC4)CC3)c2=O)CC1. The third kappa shape index (κ3) is 6.76. The van der Waals surface area contributed by atoms with Crippen LogP contribution >= 0.6 is 0 Å². The topological polar surface area (TPSA) is 79.7 Å². The number of nitrogens with one attached hydrogen (secondary N) is 1. The third-order valence-electron chi connectivity index (χ3n) is 8.30. The van der Waals surface area contributed by atoms with E-state index in [-0.39, 0.29) is 23.7 Å². The minimum atomic E-state index is -0.521. The number of alkyl carbamates (subject to hydrolysis) is 1. The Balaban J connectivity index is 1.30. The van der Waals surface area contributed by atoms with Gasteiger partial charge in [0.2, 0.25) is 0 Å². The summed E-state index contributed by atoms with van der Waals surface area (Å²) in [6.07, 6.45) is 13.2. The third-order valence-corrected chi connectivity index (χ3v) is 8.30. The van der Waals surface area contributed by atoms with Crippen molar-refractivity contribution in [3.63, 3.8) is 0 Å². The number of anilines is 1. The number of carbonyl (C=O) groups excluding carboxylic acids is 1. The lowest BCUT2D eigenvalue weighted by atomic mass is 9.99. The van der Waals surface area contributed by atoms with Gasteiger partial charge in [0.15, 0.2) is 5.82 Å². The van der Waals surface area contributed by atoms with Gasteiger partial charge in [-0.15, -0.1) is 0 Å². The zero-order chi connectivity index (χ0) is 27.4. The quantitative estimate of drug-likeness (QED) is 0.536. The van der Waals surface area contributed by atoms with Gasteiger partial charge in [-0.3, -0.25) is 4.79 Å². The Bertz CT molecular complexity index is 1230. The van der Waals surface area contributed by atoms with E-state index in [2.05, 4.69) is 21.2 Å². The molecule has 2 aromatic rings. The van der Waals surface area contributed by atoms with Gasteiger partial charge in [0.1, 0.15) is 5.60 Å². The molecule has 1 amide bonds. The van der Waals surface area contributed by atoms with E-state index in [4.69, 9.17) is 9.72 Å². The Kier molecular flexibility index (Phi) is 8.48. The largest absolute Gasteiger partial charge is 0.444 e. The molecule has 2 saturated heterocycles. The first-order valence-electron chi connectivity index (χ1n) is 15.0. The number of carbonyl (C=O) groups is 1. The first kappa shape index (κ1) is 27.5. The summed E-state index contributed by atoms with van der Waals surface area (Å²) in [7, 11) is 0. The lowest BCUT2D eigenvalue weighted by Gasteiger charge is -2.37. The number of hydrogen-bond donors (Lipinski definition) is 1. The summed E-state index contributed by atoms with van der Waals surface area (Å²) in [6, 6.07) is 8.25. The van der Waals surface area contributed by atoms with Crippen LogP contribution in [0.4, 0.5) is 10.6 Å². The summed E-state index contributed by atoms with van der Waals surface area (Å²) in [6.45, 7) is 8.94. The first-order valence-corrected chi connectivity index (χ1v) is 15.0. The summed E-state index contributed by atoms with van der Waals surface area (Å²) < 4.78 is 7.46. The molecule has 5 rings (SSSR count). The van der Waals surface area contributed by atoms with Crippen LogP contribution in [0.1, 0.15) is 91.0 Å². The number of benzene rings is 1. The molecule has 8 nitrogen and oxygen atoms in total. The summed E-state index contributed by atoms with van der Waals surface area (Å²) in [5.41, 5.74) is 2.80. The second-order valence-corrected chi connectivity index (χ2v) is 12.4. The van der Waals surface area contributed by atoms with E-state index >= 15 is 0 Å². The van der Waals surface area contributed by atoms with Crippen molar-refractivity contribution in [2.75, 3.05) is 31.1 Å². The second kappa shape index (κ2) is 12.0. The maximum atomic E-state index is 14.0. The van der Waals surface area contributed by atoms with Crippen LogP contribution < -0.4 is 15.8 Å². The van der Waals surface area contributed by atoms with Crippen LogP contribution in [-0.4, -0.2) is 58.4 Å². The number of hydrogen-bond acceptors (Lipinski definition) is 6. The molecule has 0 unspecified atom stereocenters. The van der Waals surface area contributed by atoms with Gasteiger partial charge in [0, 0.05) is 44.0 Å². The zero-order valence-corrected chi connectivity index (χ0v) is 24.0. The molecule has 2 aliphatic heterocycles. The minimum absolute atomic E-state index is 0.0101. The maximum Gasteiger partial charge on any atom is 0.407 e. The summed E-state index contributed by atoms with van der Waals surface area (Å²) >= 11 is 0. The van der Waals surface area contributed by atoms with E-state index in [1.54, 1.807) is 0 Å². The highest BCUT2D eigenvalue weighted by molar-refractivity contribution is 5.76. The van der Waals surface area contributed by atoms with E-state index < -0.39 is 5.60 Å². The fourth-order valence-corrected chi connectivity index (χ4v) is 6.29. The molecule has 3 heterocycles. The highest BCUT2D eigenvalue weighted by Gasteiger charge is 2.29. The lowest BCUT2D eigenvalue weighted by Crippen LogP contribution is -2.48. The van der Waals surface area contributed by atoms with Gasteiger partial charge < -0.3 is 24.4 Å². The van der Waals surface area contributed by atoms with Crippen LogP contribution in [0.3, 0.4) is 0 Å². The molecule has 39 heavy (non-hydrogen) atoms. The molecule has 1 aromatic heterocycles. The van der Waals surface area contributed by atoms with Crippen LogP contribution in [0.2, 0.25) is 0 Å². The van der Waals surface area contributed by atoms with Gasteiger partial charge in [0.25, 0.3) is 5.56 Å². The minimum Gasteiger partial charge on any atom is -0.444 e. The number of fused-ring (bicyclic) bond motifs is 1. The highest BCUT2D eigenvalue weighted by atomic mass is 16.6. The van der Waals surface area contributed by atoms with Gasteiger partial charge in [-0.2, -0.15) is 0 Å². The van der Waals surface area contributed by atoms with Crippen molar-refractivity contribution in [1.29, 1.82) is 0 Å². The molecule has 212 valence electrons. The number of amides is 1. The van der Waals surface area contributed by atoms with Crippen molar-refractivity contribution in [3.05, 3.63) is 46.4 Å². The number of allylic oxidation sites excluding steroid dienone is 2. The Morgan fingerprint density at radius 3 is 2.38 bits per heavy atom. The Hall–Kier alpha value is -3.03. The smallest absolute Gasteiger partial charge is 0.407 e. The van der Waals surface area contributed by atoms with Gasteiger partial charge in [-0.25, -0.2) is 9.78 Å². The fourth-order valence-electron chi connectivity index (χ4n) is 6.29. The second-order valence-electron chi connectivity index (χ2n) is 12.4. The molecule has 0 radical (unpaired) electrons. The standard InChI is InChI=1S/C31H45N5O3/c1-31(2,3)39-30(38)32-23-15-19-35(20-16-23)28-29(37)36(27-14-10-9-13-26(27)33-28)25-17-21-34(22-18-25)24-11-7-5-4-6-8-12-24/h9-11,13-14,23,25H,4-8,12,15-22H2,1-3H3,(H,32,38). The number of piperidine rings is 2. The van der Waals surface area contributed by atoms with Crippen molar-refractivity contribution in [2.45, 2.75) is 103 Å². The van der Waals surface area contributed by atoms with Crippen LogP contribution in [0, 0.1) is 0 Å². The van der Waals surface area contributed by atoms with Crippen LogP contribution in [-0.2, 0) is 4.74 Å². The van der Waals surface area contributed by atoms with Crippen LogP contribution in [0.15, 0.2) is 40.8 Å². The average Bonchev–Trinajstić information content (AvgIpc) is 2.88. The van der Waals surface area contributed by atoms with Gasteiger partial charge in [-0.1, -0.05) is 31.1 Å². The molecule has 1 aliphatic carbocycles. The van der Waals surface area contributed by atoms with Crippen molar-refractivity contribution < 1.29 is 9.53 Å². The lowest BCUT2D eigenvalue weighted by molar-refractivity contribution is 0.0497. The van der Waals surface area contributed by atoms with Crippen LogP contribution in [0.25, 0.3) is 11.0 Å². The van der Waals surface area contributed by atoms with Crippen molar-refractivity contribution in [3.8, 4) is 0 Å². The number of ether oxygens (including phenoxy) is 1. The van der Waals surface area contributed by atoms with Crippen molar-refractivity contribution >= 4 is 22.9 Å². The van der Waals surface area contributed by atoms with Gasteiger partial charge >= 0.3 is 6.09 Å². The van der Waals surface area contributed by atoms with Crippen molar-refractivity contribution in [1.82, 2.24) is 19.8 Å².